The van der Waals surface area contributed by atoms with E-state index in [0.717, 1.165) is 6.92 Å². The van der Waals surface area contributed by atoms with Crippen molar-refractivity contribution in [2.24, 2.45) is 5.73 Å². The molecule has 5 rings (SSSR count). The number of carboxylic acids is 4. The van der Waals surface area contributed by atoms with Gasteiger partial charge in [-0.05, 0) is 82.5 Å². The average molecular weight is 1060 g/mol. The van der Waals surface area contributed by atoms with E-state index in [9.17, 15) is 54.0 Å². The number of hydrogen-bond donors (Lipinski definition) is 6. The number of H-pyrrole nitrogens is 2. The quantitative estimate of drug-likeness (QED) is 0.0521. The van der Waals surface area contributed by atoms with Crippen LogP contribution in [0.4, 0.5) is 0 Å². The van der Waals surface area contributed by atoms with E-state index in [1.54, 1.807) is 74.6 Å². The number of carboxylic acid groups (broad SMARTS) is 4. The van der Waals surface area contributed by atoms with E-state index in [2.05, 4.69) is 9.97 Å². The number of sulfone groups is 3. The molecular weight excluding hydrogens is 1010 g/mol. The predicted octanol–water partition coefficient (Wildman–Crippen LogP) is 0.769. The number of carbonyl (C=O) groups excluding carboxylic acids is 4. The Morgan fingerprint density at radius 3 is 1.41 bits per heavy atom. The smallest absolute Gasteiger partial charge is 0.550 e. The molecule has 2 aromatic heterocycles. The van der Waals surface area contributed by atoms with Crippen LogP contribution in [0.5, 0.6) is 0 Å². The van der Waals surface area contributed by atoms with Gasteiger partial charge in [0, 0.05) is 48.4 Å². The fraction of sp³-hybridized carbons (Fsp3) is 0.267. The number of aldehydes is 1. The number of nitrogens with two attached hydrogens (primary N) is 1. The van der Waals surface area contributed by atoms with Gasteiger partial charge in [-0.1, -0.05) is 54.6 Å². The molecular formula is C45H53ClN3NaO17S3. The van der Waals surface area contributed by atoms with E-state index in [4.69, 9.17) is 31.0 Å². The number of hydrogen-bond acceptors (Lipinski definition) is 15. The summed E-state index contributed by atoms with van der Waals surface area (Å²) in [6, 6.07) is 23.9. The molecule has 0 atom stereocenters. The normalized spacial score (nSPS) is 10.4. The van der Waals surface area contributed by atoms with E-state index in [-0.39, 0.29) is 134 Å². The summed E-state index contributed by atoms with van der Waals surface area (Å²) in [5.74, 6) is -5.03. The number of aromatic nitrogens is 2. The van der Waals surface area contributed by atoms with Gasteiger partial charge in [0.05, 0.1) is 43.1 Å². The molecule has 0 aliphatic rings. The summed E-state index contributed by atoms with van der Waals surface area (Å²) >= 11 is 0. The molecule has 20 nitrogen and oxygen atoms in total. The molecule has 0 aliphatic carbocycles. The fourth-order valence-corrected chi connectivity index (χ4v) is 10.5. The minimum Gasteiger partial charge on any atom is -0.550 e. The topological polar surface area (TPSA) is 363 Å². The Bertz CT molecular complexity index is 2850. The van der Waals surface area contributed by atoms with Gasteiger partial charge >= 0.3 is 47.5 Å². The zero-order valence-electron chi connectivity index (χ0n) is 38.7. The van der Waals surface area contributed by atoms with Crippen LogP contribution in [-0.2, 0) is 71.1 Å². The molecule has 0 bridgehead atoms. The second-order valence-electron chi connectivity index (χ2n) is 14.2. The van der Waals surface area contributed by atoms with Crippen molar-refractivity contribution in [2.45, 2.75) is 90.7 Å². The number of aryl methyl sites for hydroxylation is 3. The molecule has 0 aliphatic heterocycles. The van der Waals surface area contributed by atoms with Crippen LogP contribution in [-0.4, -0.2) is 105 Å². The minimum absolute atomic E-state index is 0. The molecule has 0 spiro atoms. The third kappa shape index (κ3) is 22.8. The summed E-state index contributed by atoms with van der Waals surface area (Å²) in [4.78, 5) is 78.5. The van der Waals surface area contributed by atoms with Crippen LogP contribution in [0.25, 0.3) is 0 Å². The number of Topliss-reactive ketones (excluding diaryl/α,β-unsaturated/α-hetero) is 2. The Morgan fingerprint density at radius 1 is 0.629 bits per heavy atom. The van der Waals surface area contributed by atoms with Crippen LogP contribution in [0.1, 0.15) is 72.5 Å². The van der Waals surface area contributed by atoms with Crippen molar-refractivity contribution in [2.75, 3.05) is 12.3 Å². The zero-order chi connectivity index (χ0) is 51.8. The van der Waals surface area contributed by atoms with Gasteiger partial charge in [0.1, 0.15) is 17.3 Å². The molecule has 0 radical (unpaired) electrons. The van der Waals surface area contributed by atoms with Gasteiger partial charge < -0.3 is 40.9 Å². The second-order valence-corrected chi connectivity index (χ2v) is 19.9. The number of aromatic amines is 2. The van der Waals surface area contributed by atoms with Crippen molar-refractivity contribution in [3.63, 3.8) is 0 Å². The third-order valence-corrected chi connectivity index (χ3v) is 14.4. The predicted molar refractivity (Wildman–Crippen MR) is 250 cm³/mol. The number of benzene rings is 3. The summed E-state index contributed by atoms with van der Waals surface area (Å²) in [7, 11) is -10.9. The molecule has 0 fully saturated rings. The first-order chi connectivity index (χ1) is 31.7. The molecule has 0 unspecified atom stereocenters. The standard InChI is InChI=1S/C15H15NO5S.C14H15NO4S.C9H10O3S.C5H9NO3.C2H4O2.ClH.Na/c1-10-15(22(20,21)11-5-3-2-4-6-11)12(7-8-14(18)19)13(9-17)16-10;1-10-14(11(9-15-10)7-8-13(16)17)20(18,19)12-5-3-2-4-6-12;1-8(10)7-13(11,12)9-5-3-2-4-6-9;6-3-4(7)1-2-5(8)9;1-2(3)4;;/h2-6,9,16H,7-8H2,1H3,(H,18,19);2-6,9,15H,7-8H2,1H3,(H,16,17);2-6H,7H2,1H3;1-3,6H2,(H,8,9);1H3,(H,3,4);1H;/q;;;;;;+1/p-1. The molecule has 25 heteroatoms. The Hall–Kier alpha value is -5.79. The van der Waals surface area contributed by atoms with Gasteiger partial charge in [0.2, 0.25) is 19.7 Å². The van der Waals surface area contributed by atoms with Crippen LogP contribution >= 0.6 is 12.4 Å². The first kappa shape index (κ1) is 66.3. The first-order valence-corrected chi connectivity index (χ1v) is 24.6. The summed E-state index contributed by atoms with van der Waals surface area (Å²) in [6.45, 7) is 5.39. The maximum atomic E-state index is 12.8. The van der Waals surface area contributed by atoms with Crippen molar-refractivity contribution in [1.29, 1.82) is 0 Å². The maximum Gasteiger partial charge on any atom is 1.00 e. The van der Waals surface area contributed by atoms with E-state index in [1.807, 2.05) is 0 Å². The SMILES string of the molecule is CC(=O)CS(=O)(=O)c1ccccc1.CC(=O)[O-].Cc1[nH]c(C=O)c(CCC(=O)O)c1S(=O)(=O)c1ccccc1.Cc1[nH]cc(CCC(=O)O)c1S(=O)(=O)c1ccccc1.Cl.NCC(=O)CCC(=O)O.[Na+]. The van der Waals surface area contributed by atoms with Crippen LogP contribution in [0.2, 0.25) is 0 Å². The van der Waals surface area contributed by atoms with Crippen LogP contribution in [0.3, 0.4) is 0 Å². The number of nitrogens with one attached hydrogen (secondary N) is 2. The molecule has 0 amide bonds. The van der Waals surface area contributed by atoms with Crippen LogP contribution < -0.4 is 40.4 Å². The monoisotopic (exact) mass is 1060 g/mol. The molecule has 5 aromatic rings. The third-order valence-electron chi connectivity index (χ3n) is 8.66. The number of rotatable bonds is 18. The van der Waals surface area contributed by atoms with Crippen molar-refractivity contribution in [3.8, 4) is 0 Å². The largest absolute Gasteiger partial charge is 1.00 e. The van der Waals surface area contributed by atoms with Crippen molar-refractivity contribution in [1.82, 2.24) is 9.97 Å². The second kappa shape index (κ2) is 32.2. The maximum absolute atomic E-state index is 12.8. The number of ketones is 2. The number of aliphatic carboxylic acids is 4. The molecule has 3 aromatic carbocycles. The molecule has 376 valence electrons. The van der Waals surface area contributed by atoms with E-state index in [0.29, 0.717) is 23.2 Å². The summed E-state index contributed by atoms with van der Waals surface area (Å²) in [5, 5.41) is 34.5. The zero-order valence-corrected chi connectivity index (χ0v) is 44.0. The number of carbonyl (C=O) groups is 7. The fourth-order valence-electron chi connectivity index (χ4n) is 5.76. The average Bonchev–Trinajstić information content (AvgIpc) is 3.83. The Balaban J connectivity index is 0. The van der Waals surface area contributed by atoms with Crippen LogP contribution in [0, 0.1) is 13.8 Å². The van der Waals surface area contributed by atoms with Gasteiger partial charge in [0.15, 0.2) is 16.1 Å². The molecule has 7 N–H and O–H groups in total. The van der Waals surface area contributed by atoms with E-state index >= 15 is 0 Å². The Kier molecular flexibility index (Phi) is 30.5. The Morgan fingerprint density at radius 2 is 1.03 bits per heavy atom. The molecule has 0 saturated heterocycles. The molecule has 70 heavy (non-hydrogen) atoms. The van der Waals surface area contributed by atoms with Gasteiger partial charge in [-0.3, -0.25) is 28.8 Å². The van der Waals surface area contributed by atoms with Crippen LogP contribution in [0.15, 0.2) is 122 Å². The number of halogens is 1. The molecule has 2 heterocycles. The van der Waals surface area contributed by atoms with Gasteiger partial charge in [-0.2, -0.15) is 0 Å². The van der Waals surface area contributed by atoms with Crippen molar-refractivity contribution in [3.05, 3.63) is 125 Å². The summed E-state index contributed by atoms with van der Waals surface area (Å²) in [6.07, 6.45) is 1.80. The van der Waals surface area contributed by atoms with Crippen molar-refractivity contribution < 1.29 is 109 Å². The minimum atomic E-state index is -3.82. The van der Waals surface area contributed by atoms with Gasteiger partial charge in [-0.15, -0.1) is 12.4 Å². The summed E-state index contributed by atoms with van der Waals surface area (Å²) < 4.78 is 73.6. The Labute approximate surface area is 433 Å². The van der Waals surface area contributed by atoms with E-state index < -0.39 is 59.1 Å². The van der Waals surface area contributed by atoms with Crippen molar-refractivity contribution >= 4 is 83.6 Å². The first-order valence-electron chi connectivity index (χ1n) is 20.0. The summed E-state index contributed by atoms with van der Waals surface area (Å²) in [5.41, 5.74) is 6.60. The van der Waals surface area contributed by atoms with E-state index in [1.165, 1.54) is 43.3 Å². The van der Waals surface area contributed by atoms with Gasteiger partial charge in [-0.25, -0.2) is 25.3 Å². The molecule has 0 saturated carbocycles. The van der Waals surface area contributed by atoms with Gasteiger partial charge in [0.25, 0.3) is 0 Å².